The Bertz CT molecular complexity index is 496. The van der Waals surface area contributed by atoms with E-state index in [0.717, 1.165) is 0 Å². The van der Waals surface area contributed by atoms with Crippen LogP contribution in [0.4, 0.5) is 17.5 Å². The second-order valence-corrected chi connectivity index (χ2v) is 5.75. The molecule has 0 fully saturated rings. The fourth-order valence-corrected chi connectivity index (χ4v) is 1.80. The molecule has 7 heteroatoms. The summed E-state index contributed by atoms with van der Waals surface area (Å²) in [7, 11) is 1.78. The van der Waals surface area contributed by atoms with E-state index < -0.39 is 4.92 Å². The molecular formula is C12H21N5O2. The fraction of sp³-hybridized carbons (Fsp3) is 0.667. The molecule has 1 aromatic heterocycles. The van der Waals surface area contributed by atoms with E-state index in [1.807, 2.05) is 6.92 Å². The zero-order valence-corrected chi connectivity index (χ0v) is 12.3. The Morgan fingerprint density at radius 3 is 2.32 bits per heavy atom. The Morgan fingerprint density at radius 1 is 1.37 bits per heavy atom. The molecule has 0 amide bonds. The van der Waals surface area contributed by atoms with Crippen LogP contribution in [0.25, 0.3) is 0 Å². The lowest BCUT2D eigenvalue weighted by atomic mass is 9.87. The van der Waals surface area contributed by atoms with Crippen molar-refractivity contribution in [3.63, 3.8) is 0 Å². The molecule has 0 saturated heterocycles. The van der Waals surface area contributed by atoms with E-state index in [-0.39, 0.29) is 34.6 Å². The third kappa shape index (κ3) is 3.10. The van der Waals surface area contributed by atoms with Gasteiger partial charge in [0.15, 0.2) is 0 Å². The molecule has 0 aliphatic heterocycles. The Hall–Kier alpha value is -1.92. The second-order valence-electron chi connectivity index (χ2n) is 5.75. The van der Waals surface area contributed by atoms with Crippen molar-refractivity contribution in [2.75, 3.05) is 17.7 Å². The highest BCUT2D eigenvalue weighted by Crippen LogP contribution is 2.33. The Kier molecular flexibility index (Phi) is 3.97. The molecule has 1 rings (SSSR count). The standard InChI is InChI=1S/C12H21N5O2/c1-7-9(17(18)19)10(15-11(13)14-7)16(6)8(2)12(3,4)5/h8H,1-6H3,(H2,13,14,15). The predicted octanol–water partition coefficient (Wildman–Crippen LogP) is 2.15. The van der Waals surface area contributed by atoms with Gasteiger partial charge in [0.05, 0.1) is 4.92 Å². The summed E-state index contributed by atoms with van der Waals surface area (Å²) in [5, 5.41) is 11.2. The average Bonchev–Trinajstić information content (AvgIpc) is 2.23. The smallest absolute Gasteiger partial charge is 0.332 e. The first-order chi connectivity index (χ1) is 8.55. The van der Waals surface area contributed by atoms with Crippen molar-refractivity contribution in [2.24, 2.45) is 5.41 Å². The first kappa shape index (κ1) is 15.1. The number of nitrogens with zero attached hydrogens (tertiary/aromatic N) is 4. The van der Waals surface area contributed by atoms with Crippen molar-refractivity contribution < 1.29 is 4.92 Å². The van der Waals surface area contributed by atoms with Crippen LogP contribution in [0.15, 0.2) is 0 Å². The molecule has 0 spiro atoms. The van der Waals surface area contributed by atoms with Crippen LogP contribution in [0.3, 0.4) is 0 Å². The van der Waals surface area contributed by atoms with E-state index in [9.17, 15) is 10.1 Å². The number of hydrogen-bond donors (Lipinski definition) is 1. The van der Waals surface area contributed by atoms with Crippen molar-refractivity contribution >= 4 is 17.5 Å². The lowest BCUT2D eigenvalue weighted by Gasteiger charge is -2.35. The maximum Gasteiger partial charge on any atom is 0.332 e. The summed E-state index contributed by atoms with van der Waals surface area (Å²) in [6.07, 6.45) is 0. The summed E-state index contributed by atoms with van der Waals surface area (Å²) in [6.45, 7) is 9.76. The normalized spacial score (nSPS) is 13.2. The lowest BCUT2D eigenvalue weighted by molar-refractivity contribution is -0.385. The number of hydrogen-bond acceptors (Lipinski definition) is 6. The van der Waals surface area contributed by atoms with Crippen molar-refractivity contribution in [1.29, 1.82) is 0 Å². The van der Waals surface area contributed by atoms with Crippen LogP contribution in [0, 0.1) is 22.5 Å². The van der Waals surface area contributed by atoms with Crippen molar-refractivity contribution in [2.45, 2.75) is 40.7 Å². The van der Waals surface area contributed by atoms with Gasteiger partial charge in [0.2, 0.25) is 11.8 Å². The van der Waals surface area contributed by atoms with Gasteiger partial charge in [-0.3, -0.25) is 10.1 Å². The Labute approximate surface area is 113 Å². The quantitative estimate of drug-likeness (QED) is 0.665. The first-order valence-electron chi connectivity index (χ1n) is 6.07. The SMILES string of the molecule is Cc1nc(N)nc(N(C)C(C)C(C)(C)C)c1[N+](=O)[O-]. The van der Waals surface area contributed by atoms with E-state index in [1.165, 1.54) is 0 Å². The number of aryl methyl sites for hydroxylation is 1. The molecule has 106 valence electrons. The van der Waals surface area contributed by atoms with Crippen LogP contribution in [-0.2, 0) is 0 Å². The molecule has 0 bridgehead atoms. The maximum atomic E-state index is 11.2. The number of nitrogen functional groups attached to an aromatic ring is 1. The van der Waals surface area contributed by atoms with Crippen molar-refractivity contribution in [1.82, 2.24) is 9.97 Å². The van der Waals surface area contributed by atoms with Crippen molar-refractivity contribution in [3.8, 4) is 0 Å². The fourth-order valence-electron chi connectivity index (χ4n) is 1.80. The van der Waals surface area contributed by atoms with Crippen molar-refractivity contribution in [3.05, 3.63) is 15.8 Å². The molecule has 19 heavy (non-hydrogen) atoms. The first-order valence-corrected chi connectivity index (χ1v) is 6.07. The van der Waals surface area contributed by atoms with Crippen LogP contribution >= 0.6 is 0 Å². The minimum Gasteiger partial charge on any atom is -0.368 e. The van der Waals surface area contributed by atoms with Gasteiger partial charge >= 0.3 is 5.69 Å². The van der Waals surface area contributed by atoms with E-state index in [0.29, 0.717) is 0 Å². The van der Waals surface area contributed by atoms with E-state index in [1.54, 1.807) is 18.9 Å². The Balaban J connectivity index is 3.37. The van der Waals surface area contributed by atoms with Gasteiger partial charge in [0.1, 0.15) is 5.69 Å². The predicted molar refractivity (Wildman–Crippen MR) is 75.2 cm³/mol. The van der Waals surface area contributed by atoms with Gasteiger partial charge < -0.3 is 10.6 Å². The molecule has 0 saturated carbocycles. The number of rotatable bonds is 3. The minimum absolute atomic E-state index is 0.0454. The second kappa shape index (κ2) is 4.99. The molecule has 0 aromatic carbocycles. The molecular weight excluding hydrogens is 246 g/mol. The van der Waals surface area contributed by atoms with Gasteiger partial charge in [-0.15, -0.1) is 0 Å². The highest BCUT2D eigenvalue weighted by molar-refractivity contribution is 5.62. The van der Waals surface area contributed by atoms with E-state index in [2.05, 4.69) is 30.7 Å². The molecule has 1 heterocycles. The summed E-state index contributed by atoms with van der Waals surface area (Å²) in [4.78, 5) is 20.4. The number of nitro groups is 1. The molecule has 1 aromatic rings. The zero-order valence-electron chi connectivity index (χ0n) is 12.3. The van der Waals surface area contributed by atoms with Gasteiger partial charge in [-0.05, 0) is 19.3 Å². The Morgan fingerprint density at radius 2 is 1.89 bits per heavy atom. The third-order valence-corrected chi connectivity index (χ3v) is 3.41. The van der Waals surface area contributed by atoms with E-state index in [4.69, 9.17) is 5.73 Å². The largest absolute Gasteiger partial charge is 0.368 e. The zero-order chi connectivity index (χ0) is 15.0. The molecule has 0 aliphatic rings. The maximum absolute atomic E-state index is 11.2. The van der Waals surface area contributed by atoms with Gasteiger partial charge in [-0.25, -0.2) is 4.98 Å². The topological polar surface area (TPSA) is 98.2 Å². The van der Waals surface area contributed by atoms with Gasteiger partial charge in [-0.2, -0.15) is 4.98 Å². The van der Waals surface area contributed by atoms with Crippen LogP contribution in [0.5, 0.6) is 0 Å². The van der Waals surface area contributed by atoms with E-state index >= 15 is 0 Å². The monoisotopic (exact) mass is 267 g/mol. The molecule has 1 unspecified atom stereocenters. The molecule has 0 aliphatic carbocycles. The highest BCUT2D eigenvalue weighted by Gasteiger charge is 2.31. The third-order valence-electron chi connectivity index (χ3n) is 3.41. The lowest BCUT2D eigenvalue weighted by Crippen LogP contribution is -2.40. The minimum atomic E-state index is -0.462. The van der Waals surface area contributed by atoms with Crippen LogP contribution in [0.2, 0.25) is 0 Å². The summed E-state index contributed by atoms with van der Waals surface area (Å²) < 4.78 is 0. The van der Waals surface area contributed by atoms with Crippen LogP contribution in [0.1, 0.15) is 33.4 Å². The van der Waals surface area contributed by atoms with Crippen LogP contribution < -0.4 is 10.6 Å². The average molecular weight is 267 g/mol. The molecule has 2 N–H and O–H groups in total. The molecule has 7 nitrogen and oxygen atoms in total. The van der Waals surface area contributed by atoms with Gasteiger partial charge in [0.25, 0.3) is 0 Å². The summed E-state index contributed by atoms with van der Waals surface area (Å²) in [6, 6.07) is 0.0555. The van der Waals surface area contributed by atoms with Gasteiger partial charge in [0, 0.05) is 13.1 Å². The number of aromatic nitrogens is 2. The van der Waals surface area contributed by atoms with Crippen LogP contribution in [-0.4, -0.2) is 28.0 Å². The van der Waals surface area contributed by atoms with Gasteiger partial charge in [-0.1, -0.05) is 20.8 Å². The molecule has 1 atom stereocenters. The highest BCUT2D eigenvalue weighted by atomic mass is 16.6. The number of nitrogens with two attached hydrogens (primary N) is 1. The summed E-state index contributed by atoms with van der Waals surface area (Å²) >= 11 is 0. The summed E-state index contributed by atoms with van der Waals surface area (Å²) in [5.41, 5.74) is 5.75. The number of anilines is 2. The molecule has 0 radical (unpaired) electrons. The summed E-state index contributed by atoms with van der Waals surface area (Å²) in [5.74, 6) is 0.309.